The maximum Gasteiger partial charge on any atom is 0.233 e. The lowest BCUT2D eigenvalue weighted by molar-refractivity contribution is 0.0516. The Morgan fingerprint density at radius 1 is 1.43 bits per heavy atom. The Balaban J connectivity index is 1.89. The van der Waals surface area contributed by atoms with Crippen LogP contribution < -0.4 is 5.32 Å². The number of hydrogen-bond acceptors (Lipinski definition) is 5. The minimum atomic E-state index is -0.400. The van der Waals surface area contributed by atoms with Gasteiger partial charge in [0.1, 0.15) is 5.82 Å². The highest BCUT2D eigenvalue weighted by Crippen LogP contribution is 2.30. The summed E-state index contributed by atoms with van der Waals surface area (Å²) in [4.78, 5) is 4.39. The number of halogens is 2. The normalized spacial score (nSPS) is 22.4. The molecule has 0 amide bonds. The maximum atomic E-state index is 13.1. The summed E-state index contributed by atoms with van der Waals surface area (Å²) in [7, 11) is 1.90. The van der Waals surface area contributed by atoms with Gasteiger partial charge in [0.25, 0.3) is 0 Å². The molecular formula is C14H15ClFN3O2. The van der Waals surface area contributed by atoms with E-state index in [-0.39, 0.29) is 17.0 Å². The fraction of sp³-hybridized carbons (Fsp3) is 0.429. The number of nitrogens with one attached hydrogen (secondary N) is 1. The molecule has 0 spiro atoms. The molecule has 7 heteroatoms. The summed E-state index contributed by atoms with van der Waals surface area (Å²) in [5.41, 5.74) is 0.547. The van der Waals surface area contributed by atoms with Crippen molar-refractivity contribution in [3.63, 3.8) is 0 Å². The number of hydrogen-bond donors (Lipinski definition) is 1. The average molecular weight is 312 g/mol. The van der Waals surface area contributed by atoms with E-state index >= 15 is 0 Å². The molecule has 0 aliphatic carbocycles. The second kappa shape index (κ2) is 6.09. The van der Waals surface area contributed by atoms with Crippen LogP contribution in [0.15, 0.2) is 22.7 Å². The van der Waals surface area contributed by atoms with E-state index in [0.717, 1.165) is 6.42 Å². The van der Waals surface area contributed by atoms with Crippen LogP contribution in [-0.2, 0) is 4.74 Å². The van der Waals surface area contributed by atoms with Crippen LogP contribution in [0.3, 0.4) is 0 Å². The molecule has 2 unspecified atom stereocenters. The molecule has 3 rings (SSSR count). The molecule has 1 aliphatic rings. The van der Waals surface area contributed by atoms with Crippen LogP contribution >= 0.6 is 11.6 Å². The summed E-state index contributed by atoms with van der Waals surface area (Å²) >= 11 is 6.02. The Morgan fingerprint density at radius 3 is 3.05 bits per heavy atom. The summed E-state index contributed by atoms with van der Waals surface area (Å²) in [6.07, 6.45) is 0.885. The molecule has 5 nitrogen and oxygen atoms in total. The lowest BCUT2D eigenvalue weighted by Crippen LogP contribution is -2.39. The second-order valence-corrected chi connectivity index (χ2v) is 5.35. The first-order valence-electron chi connectivity index (χ1n) is 6.73. The van der Waals surface area contributed by atoms with E-state index < -0.39 is 5.82 Å². The molecule has 21 heavy (non-hydrogen) atoms. The van der Waals surface area contributed by atoms with Crippen molar-refractivity contribution in [3.05, 3.63) is 34.9 Å². The second-order valence-electron chi connectivity index (χ2n) is 4.95. The molecular weight excluding hydrogens is 297 g/mol. The Bertz CT molecular complexity index is 634. The first kappa shape index (κ1) is 14.4. The third-order valence-corrected chi connectivity index (χ3v) is 3.97. The van der Waals surface area contributed by atoms with E-state index in [2.05, 4.69) is 15.5 Å². The number of nitrogens with zero attached hydrogens (tertiary/aromatic N) is 2. The summed E-state index contributed by atoms with van der Waals surface area (Å²) in [6, 6.07) is 4.32. The van der Waals surface area contributed by atoms with Gasteiger partial charge < -0.3 is 14.6 Å². The molecule has 1 aromatic carbocycles. The van der Waals surface area contributed by atoms with Crippen LogP contribution in [0.25, 0.3) is 11.4 Å². The van der Waals surface area contributed by atoms with Crippen LogP contribution in [0.5, 0.6) is 0 Å². The lowest BCUT2D eigenvalue weighted by atomic mass is 9.96. The van der Waals surface area contributed by atoms with Gasteiger partial charge in [0.2, 0.25) is 11.7 Å². The highest BCUT2D eigenvalue weighted by molar-refractivity contribution is 6.33. The van der Waals surface area contributed by atoms with Crippen molar-refractivity contribution in [1.82, 2.24) is 15.5 Å². The summed E-state index contributed by atoms with van der Waals surface area (Å²) in [5, 5.41) is 7.44. The van der Waals surface area contributed by atoms with Crippen molar-refractivity contribution in [2.75, 3.05) is 20.3 Å². The van der Waals surface area contributed by atoms with Crippen molar-refractivity contribution in [2.45, 2.75) is 18.4 Å². The van der Waals surface area contributed by atoms with Gasteiger partial charge in [-0.05, 0) is 31.7 Å². The zero-order valence-corrected chi connectivity index (χ0v) is 12.2. The largest absolute Gasteiger partial charge is 0.381 e. The highest BCUT2D eigenvalue weighted by Gasteiger charge is 2.31. The molecule has 0 bridgehead atoms. The maximum absolute atomic E-state index is 13.1. The van der Waals surface area contributed by atoms with E-state index in [4.69, 9.17) is 20.9 Å². The van der Waals surface area contributed by atoms with Gasteiger partial charge in [-0.25, -0.2) is 4.39 Å². The first-order valence-corrected chi connectivity index (χ1v) is 7.11. The highest BCUT2D eigenvalue weighted by atomic mass is 35.5. The van der Waals surface area contributed by atoms with E-state index in [1.54, 1.807) is 6.07 Å². The fourth-order valence-electron chi connectivity index (χ4n) is 2.49. The Kier molecular flexibility index (Phi) is 4.19. The standard InChI is InChI=1S/C14H15ClFN3O2/c1-17-12-4-5-20-7-10(12)14-18-13(19-21-14)9-3-2-8(16)6-11(9)15/h2-3,6,10,12,17H,4-5,7H2,1H3. The zero-order chi connectivity index (χ0) is 14.8. The van der Waals surface area contributed by atoms with Gasteiger partial charge in [0.05, 0.1) is 17.5 Å². The predicted molar refractivity (Wildman–Crippen MR) is 75.7 cm³/mol. The minimum Gasteiger partial charge on any atom is -0.381 e. The van der Waals surface area contributed by atoms with Gasteiger partial charge in [-0.3, -0.25) is 0 Å². The number of aromatic nitrogens is 2. The minimum absolute atomic E-state index is 0.00391. The third kappa shape index (κ3) is 2.92. The number of ether oxygens (including phenoxy) is 1. The first-order chi connectivity index (χ1) is 10.2. The Hall–Kier alpha value is -1.50. The topological polar surface area (TPSA) is 60.2 Å². The van der Waals surface area contributed by atoms with Crippen molar-refractivity contribution in [2.24, 2.45) is 0 Å². The summed E-state index contributed by atoms with van der Waals surface area (Å²) in [5.74, 6) is 0.465. The van der Waals surface area contributed by atoms with Gasteiger partial charge in [-0.15, -0.1) is 0 Å². The van der Waals surface area contributed by atoms with E-state index in [0.29, 0.717) is 30.5 Å². The van der Waals surface area contributed by atoms with Crippen LogP contribution in [-0.4, -0.2) is 36.4 Å². The van der Waals surface area contributed by atoms with Crippen molar-refractivity contribution in [1.29, 1.82) is 0 Å². The van der Waals surface area contributed by atoms with Crippen molar-refractivity contribution >= 4 is 11.6 Å². The molecule has 0 radical (unpaired) electrons. The SMILES string of the molecule is CNC1CCOCC1c1nc(-c2ccc(F)cc2Cl)no1. The van der Waals surface area contributed by atoms with Crippen LogP contribution in [0.1, 0.15) is 18.2 Å². The van der Waals surface area contributed by atoms with Gasteiger partial charge >= 0.3 is 0 Å². The Morgan fingerprint density at radius 2 is 2.29 bits per heavy atom. The van der Waals surface area contributed by atoms with Crippen molar-refractivity contribution in [3.8, 4) is 11.4 Å². The van der Waals surface area contributed by atoms with Crippen LogP contribution in [0.2, 0.25) is 5.02 Å². The van der Waals surface area contributed by atoms with E-state index in [1.165, 1.54) is 12.1 Å². The van der Waals surface area contributed by atoms with Crippen molar-refractivity contribution < 1.29 is 13.7 Å². The Labute approximate surface area is 126 Å². The van der Waals surface area contributed by atoms with E-state index in [9.17, 15) is 4.39 Å². The smallest absolute Gasteiger partial charge is 0.233 e. The fourth-order valence-corrected chi connectivity index (χ4v) is 2.74. The van der Waals surface area contributed by atoms with Gasteiger partial charge in [-0.1, -0.05) is 16.8 Å². The monoisotopic (exact) mass is 311 g/mol. The van der Waals surface area contributed by atoms with Gasteiger partial charge in [0.15, 0.2) is 0 Å². The lowest BCUT2D eigenvalue weighted by Gasteiger charge is -2.28. The van der Waals surface area contributed by atoms with Gasteiger partial charge in [-0.2, -0.15) is 4.98 Å². The molecule has 1 saturated heterocycles. The molecule has 1 N–H and O–H groups in total. The summed E-state index contributed by atoms with van der Waals surface area (Å²) in [6.45, 7) is 1.25. The predicted octanol–water partition coefficient (Wildman–Crippen LogP) is 2.62. The molecule has 1 fully saturated rings. The molecule has 2 atom stereocenters. The van der Waals surface area contributed by atoms with Crippen LogP contribution in [0.4, 0.5) is 4.39 Å². The summed E-state index contributed by atoms with van der Waals surface area (Å²) < 4.78 is 23.9. The molecule has 2 heterocycles. The quantitative estimate of drug-likeness (QED) is 0.944. The van der Waals surface area contributed by atoms with Crippen LogP contribution in [0, 0.1) is 5.82 Å². The zero-order valence-electron chi connectivity index (χ0n) is 11.5. The average Bonchev–Trinajstić information content (AvgIpc) is 2.96. The van der Waals surface area contributed by atoms with E-state index in [1.807, 2.05) is 7.05 Å². The molecule has 1 aliphatic heterocycles. The molecule has 1 aromatic heterocycles. The number of likely N-dealkylation sites (N-methyl/N-ethyl adjacent to an activating group) is 1. The molecule has 112 valence electrons. The number of benzene rings is 1. The number of rotatable bonds is 3. The third-order valence-electron chi connectivity index (χ3n) is 3.66. The van der Waals surface area contributed by atoms with Gasteiger partial charge in [0, 0.05) is 18.2 Å². The molecule has 2 aromatic rings. The molecule has 0 saturated carbocycles.